The van der Waals surface area contributed by atoms with Gasteiger partial charge < -0.3 is 20.1 Å². The zero-order chi connectivity index (χ0) is 23.5. The number of carbonyl (C=O) groups is 1. The topological polar surface area (TPSA) is 146 Å². The predicted molar refractivity (Wildman–Crippen MR) is 112 cm³/mol. The van der Waals surface area contributed by atoms with Crippen LogP contribution >= 0.6 is 0 Å². The highest BCUT2D eigenvalue weighted by Crippen LogP contribution is 2.47. The van der Waals surface area contributed by atoms with E-state index in [9.17, 15) is 14.4 Å². The Morgan fingerprint density at radius 1 is 1.10 bits per heavy atom. The van der Waals surface area contributed by atoms with E-state index in [1.807, 2.05) is 0 Å². The molecule has 0 aromatic carbocycles. The van der Waals surface area contributed by atoms with Gasteiger partial charge in [-0.25, -0.2) is 24.4 Å². The number of unbranched alkanes of at least 4 members (excludes halogenated alkanes) is 1. The zero-order valence-electron chi connectivity index (χ0n) is 18.3. The molecule has 0 bridgehead atoms. The Morgan fingerprint density at radius 3 is 2.13 bits per heavy atom. The fourth-order valence-corrected chi connectivity index (χ4v) is 3.52. The molecule has 0 amide bonds. The van der Waals surface area contributed by atoms with E-state index in [-0.39, 0.29) is 43.3 Å². The average Bonchev–Trinajstić information content (AvgIpc) is 2.68. The normalized spacial score (nSPS) is 21.2. The van der Waals surface area contributed by atoms with Gasteiger partial charge >= 0.3 is 5.97 Å². The molecule has 9 heteroatoms. The molecule has 0 aromatic rings. The van der Waals surface area contributed by atoms with Crippen molar-refractivity contribution in [2.45, 2.75) is 58.9 Å². The maximum absolute atomic E-state index is 10.3. The van der Waals surface area contributed by atoms with E-state index in [4.69, 9.17) is 15.3 Å². The summed E-state index contributed by atoms with van der Waals surface area (Å²) in [5.41, 5.74) is 0.0561. The van der Waals surface area contributed by atoms with Crippen molar-refractivity contribution in [3.05, 3.63) is 12.7 Å². The minimum absolute atomic E-state index is 0.00750. The van der Waals surface area contributed by atoms with Gasteiger partial charge in [0.15, 0.2) is 0 Å². The van der Waals surface area contributed by atoms with Crippen LogP contribution in [0.3, 0.4) is 0 Å². The first-order chi connectivity index (χ1) is 14.1. The molecule has 1 aliphatic carbocycles. The quantitative estimate of drug-likeness (QED) is 0.166. The van der Waals surface area contributed by atoms with E-state index in [1.54, 1.807) is 12.2 Å². The van der Waals surface area contributed by atoms with E-state index in [0.717, 1.165) is 38.2 Å². The van der Waals surface area contributed by atoms with Crippen molar-refractivity contribution >= 4 is 18.1 Å². The largest absolute Gasteiger partial charge is 0.460 e. The number of ether oxygens (including phenoxy) is 1. The van der Waals surface area contributed by atoms with Crippen molar-refractivity contribution in [1.29, 1.82) is 0 Å². The summed E-state index contributed by atoms with van der Waals surface area (Å²) in [6.07, 6.45) is 8.37. The van der Waals surface area contributed by atoms with Crippen LogP contribution in [0.4, 0.5) is 0 Å². The number of hydrogen-bond acceptors (Lipinski definition) is 9. The first-order valence-electron chi connectivity index (χ1n) is 9.86. The molecular formula is C21H36N2O7. The molecule has 2 atom stereocenters. The van der Waals surface area contributed by atoms with Crippen LogP contribution in [-0.2, 0) is 19.1 Å². The van der Waals surface area contributed by atoms with Crippen LogP contribution in [0.5, 0.6) is 0 Å². The lowest BCUT2D eigenvalue weighted by Crippen LogP contribution is -2.39. The SMILES string of the molecule is C=CC(=O)OCCO.CC1(C)CC(N=C=O)CC(C)(CN=C=O)C1.OCCCCO. The van der Waals surface area contributed by atoms with Crippen LogP contribution in [-0.4, -0.2) is 72.5 Å². The summed E-state index contributed by atoms with van der Waals surface area (Å²) in [6, 6.07) is 0.00750. The van der Waals surface area contributed by atoms with Crippen LogP contribution in [0.15, 0.2) is 22.6 Å². The summed E-state index contributed by atoms with van der Waals surface area (Å²) in [5, 5.41) is 24.3. The predicted octanol–water partition coefficient (Wildman–Crippen LogP) is 1.70. The van der Waals surface area contributed by atoms with Gasteiger partial charge in [-0.05, 0) is 42.9 Å². The Balaban J connectivity index is 0. The van der Waals surface area contributed by atoms with Gasteiger partial charge in [0.2, 0.25) is 12.2 Å². The molecule has 1 rings (SSSR count). The summed E-state index contributed by atoms with van der Waals surface area (Å²) in [5.74, 6) is -0.501. The van der Waals surface area contributed by atoms with Crippen LogP contribution in [0.25, 0.3) is 0 Å². The first kappa shape index (κ1) is 30.0. The van der Waals surface area contributed by atoms with Crippen molar-refractivity contribution in [2.75, 3.05) is 33.0 Å². The Bertz CT molecular complexity index is 578. The second kappa shape index (κ2) is 17.7. The molecule has 30 heavy (non-hydrogen) atoms. The maximum atomic E-state index is 10.3. The molecule has 0 saturated heterocycles. The van der Waals surface area contributed by atoms with Crippen LogP contribution in [0.2, 0.25) is 0 Å². The fourth-order valence-electron chi connectivity index (χ4n) is 3.52. The van der Waals surface area contributed by atoms with Crippen molar-refractivity contribution in [3.63, 3.8) is 0 Å². The van der Waals surface area contributed by atoms with Crippen LogP contribution in [0, 0.1) is 10.8 Å². The van der Waals surface area contributed by atoms with Crippen molar-refractivity contribution < 1.29 is 34.4 Å². The van der Waals surface area contributed by atoms with Gasteiger partial charge in [0.25, 0.3) is 0 Å². The lowest BCUT2D eigenvalue weighted by molar-refractivity contribution is -0.138. The number of isocyanates is 2. The Morgan fingerprint density at radius 2 is 1.70 bits per heavy atom. The van der Waals surface area contributed by atoms with Crippen LogP contribution in [0.1, 0.15) is 52.9 Å². The van der Waals surface area contributed by atoms with Crippen LogP contribution < -0.4 is 0 Å². The van der Waals surface area contributed by atoms with Gasteiger partial charge in [-0.15, -0.1) is 0 Å². The highest BCUT2D eigenvalue weighted by atomic mass is 16.5. The summed E-state index contributed by atoms with van der Waals surface area (Å²) >= 11 is 0. The molecule has 2 unspecified atom stereocenters. The average molecular weight is 429 g/mol. The molecule has 0 radical (unpaired) electrons. The second-order valence-electron chi connectivity index (χ2n) is 8.09. The molecule has 172 valence electrons. The minimum atomic E-state index is -0.501. The summed E-state index contributed by atoms with van der Waals surface area (Å²) < 4.78 is 4.33. The summed E-state index contributed by atoms with van der Waals surface area (Å²) in [4.78, 5) is 38.2. The Labute approximate surface area is 178 Å². The molecule has 1 aliphatic rings. The first-order valence-corrected chi connectivity index (χ1v) is 9.86. The molecular weight excluding hydrogens is 392 g/mol. The van der Waals surface area contributed by atoms with E-state index < -0.39 is 5.97 Å². The minimum Gasteiger partial charge on any atom is -0.460 e. The molecule has 1 fully saturated rings. The maximum Gasteiger partial charge on any atom is 0.330 e. The highest BCUT2D eigenvalue weighted by molar-refractivity contribution is 5.81. The van der Waals surface area contributed by atoms with Gasteiger partial charge in [0, 0.05) is 19.3 Å². The van der Waals surface area contributed by atoms with E-state index in [1.165, 1.54) is 0 Å². The smallest absolute Gasteiger partial charge is 0.330 e. The second-order valence-corrected chi connectivity index (χ2v) is 8.09. The van der Waals surface area contributed by atoms with Gasteiger partial charge in [-0.3, -0.25) is 0 Å². The van der Waals surface area contributed by atoms with Crippen molar-refractivity contribution in [3.8, 4) is 0 Å². The number of hydrogen-bond donors (Lipinski definition) is 3. The summed E-state index contributed by atoms with van der Waals surface area (Å²) in [7, 11) is 0. The molecule has 0 aromatic heterocycles. The number of nitrogens with zero attached hydrogens (tertiary/aromatic N) is 2. The summed E-state index contributed by atoms with van der Waals surface area (Å²) in [6.45, 7) is 10.3. The molecule has 1 saturated carbocycles. The van der Waals surface area contributed by atoms with E-state index in [0.29, 0.717) is 6.54 Å². The zero-order valence-corrected chi connectivity index (χ0v) is 18.3. The van der Waals surface area contributed by atoms with Gasteiger partial charge in [0.1, 0.15) is 6.61 Å². The number of rotatable bonds is 9. The number of carbonyl (C=O) groups excluding carboxylic acids is 3. The third-order valence-corrected chi connectivity index (χ3v) is 4.25. The lowest BCUT2D eigenvalue weighted by Gasteiger charge is -2.44. The lowest BCUT2D eigenvalue weighted by atomic mass is 9.63. The van der Waals surface area contributed by atoms with Gasteiger partial charge in [-0.2, -0.15) is 0 Å². The van der Waals surface area contributed by atoms with E-state index in [2.05, 4.69) is 42.1 Å². The standard InChI is InChI=1S/C12H18N2O2.C5H8O3.C4H10O2/c1-11(2)4-10(14-9-16)5-12(3,6-11)7-13-8-15;1-2-5(7)8-4-3-6;5-3-1-2-4-6/h10H,4-7H2,1-3H3;2,6H,1,3-4H2;5-6H,1-4H2. The Kier molecular flexibility index (Phi) is 17.7. The molecule has 3 N–H and O–H groups in total. The van der Waals surface area contributed by atoms with Crippen molar-refractivity contribution in [1.82, 2.24) is 0 Å². The number of aliphatic hydroxyl groups excluding tert-OH is 3. The number of aliphatic hydroxyl groups is 3. The van der Waals surface area contributed by atoms with Gasteiger partial charge in [0.05, 0.1) is 19.2 Å². The molecule has 9 nitrogen and oxygen atoms in total. The van der Waals surface area contributed by atoms with E-state index >= 15 is 0 Å². The number of esters is 1. The van der Waals surface area contributed by atoms with Gasteiger partial charge in [-0.1, -0.05) is 27.4 Å². The monoisotopic (exact) mass is 428 g/mol. The Hall–Kier alpha value is -2.15. The molecule has 0 heterocycles. The number of aliphatic imine (C=N–C) groups is 2. The molecule has 0 spiro atoms. The van der Waals surface area contributed by atoms with Crippen molar-refractivity contribution in [2.24, 2.45) is 20.8 Å². The molecule has 0 aliphatic heterocycles. The third kappa shape index (κ3) is 16.8. The third-order valence-electron chi connectivity index (χ3n) is 4.25. The highest BCUT2D eigenvalue weighted by Gasteiger charge is 2.41. The fraction of sp³-hybridized carbons (Fsp3) is 0.762.